The van der Waals surface area contributed by atoms with Gasteiger partial charge in [-0.2, -0.15) is 0 Å². The van der Waals surface area contributed by atoms with E-state index in [1.54, 1.807) is 43.0 Å². The number of nitrogens with zero attached hydrogens (tertiary/aromatic N) is 2. The zero-order valence-electron chi connectivity index (χ0n) is 10.6. The van der Waals surface area contributed by atoms with Gasteiger partial charge in [-0.25, -0.2) is 9.69 Å². The van der Waals surface area contributed by atoms with E-state index in [9.17, 15) is 9.59 Å². The smallest absolute Gasteiger partial charge is 0.310 e. The molecule has 0 bridgehead atoms. The summed E-state index contributed by atoms with van der Waals surface area (Å²) in [6.07, 6.45) is 0. The Morgan fingerprint density at radius 2 is 1.72 bits per heavy atom. The molecule has 0 aliphatic carbocycles. The number of benzene rings is 1. The maximum Gasteiger partial charge on any atom is 0.332 e. The van der Waals surface area contributed by atoms with Crippen molar-refractivity contribution in [2.24, 2.45) is 0 Å². The van der Waals surface area contributed by atoms with Crippen molar-refractivity contribution in [2.75, 3.05) is 11.4 Å². The average Bonchev–Trinajstić information content (AvgIpc) is 2.48. The number of likely N-dealkylation sites (N-methyl/N-ethyl adjacent to an activating group) is 1. The average molecular weight is 267 g/mol. The van der Waals surface area contributed by atoms with Gasteiger partial charge < -0.3 is 4.90 Å². The van der Waals surface area contributed by atoms with Gasteiger partial charge in [-0.3, -0.25) is 4.79 Å². The minimum atomic E-state index is -0.800. The van der Waals surface area contributed by atoms with Crippen LogP contribution in [-0.2, 0) is 4.79 Å². The van der Waals surface area contributed by atoms with Crippen LogP contribution in [0.1, 0.15) is 20.8 Å². The SMILES string of the molecule is CCN1C(=O)N(c2ccc(Cl)cc2)C(=O)C1(C)C. The summed E-state index contributed by atoms with van der Waals surface area (Å²) in [5, 5.41) is 0.574. The van der Waals surface area contributed by atoms with Crippen molar-refractivity contribution in [1.29, 1.82) is 0 Å². The van der Waals surface area contributed by atoms with Crippen LogP contribution in [0.3, 0.4) is 0 Å². The Labute approximate surface area is 111 Å². The molecule has 4 nitrogen and oxygen atoms in total. The quantitative estimate of drug-likeness (QED) is 0.773. The molecule has 1 aliphatic heterocycles. The summed E-state index contributed by atoms with van der Waals surface area (Å²) in [6, 6.07) is 6.40. The van der Waals surface area contributed by atoms with Crippen LogP contribution in [0.4, 0.5) is 10.5 Å². The first-order valence-electron chi connectivity index (χ1n) is 5.81. The van der Waals surface area contributed by atoms with Gasteiger partial charge in [0.2, 0.25) is 0 Å². The molecule has 2 rings (SSSR count). The third-order valence-electron chi connectivity index (χ3n) is 3.22. The fraction of sp³-hybridized carbons (Fsp3) is 0.385. The van der Waals surface area contributed by atoms with E-state index in [2.05, 4.69) is 0 Å². The molecule has 18 heavy (non-hydrogen) atoms. The van der Waals surface area contributed by atoms with Gasteiger partial charge in [0, 0.05) is 11.6 Å². The van der Waals surface area contributed by atoms with Gasteiger partial charge in [-0.15, -0.1) is 0 Å². The van der Waals surface area contributed by atoms with E-state index in [1.165, 1.54) is 4.90 Å². The Morgan fingerprint density at radius 1 is 1.17 bits per heavy atom. The molecule has 1 fully saturated rings. The highest BCUT2D eigenvalue weighted by atomic mass is 35.5. The lowest BCUT2D eigenvalue weighted by Crippen LogP contribution is -2.43. The van der Waals surface area contributed by atoms with Crippen molar-refractivity contribution in [3.05, 3.63) is 29.3 Å². The summed E-state index contributed by atoms with van der Waals surface area (Å²) >= 11 is 5.80. The molecule has 0 N–H and O–H groups in total. The number of urea groups is 1. The fourth-order valence-electron chi connectivity index (χ4n) is 2.18. The molecule has 0 saturated carbocycles. The highest BCUT2D eigenvalue weighted by Gasteiger charge is 2.50. The van der Waals surface area contributed by atoms with E-state index >= 15 is 0 Å². The largest absolute Gasteiger partial charge is 0.332 e. The molecule has 1 aromatic carbocycles. The minimum absolute atomic E-state index is 0.211. The fourth-order valence-corrected chi connectivity index (χ4v) is 2.31. The molecule has 96 valence electrons. The molecule has 0 unspecified atom stereocenters. The number of carbonyl (C=O) groups excluding carboxylic acids is 2. The molecule has 3 amide bonds. The molecular weight excluding hydrogens is 252 g/mol. The van der Waals surface area contributed by atoms with Gasteiger partial charge in [0.25, 0.3) is 5.91 Å². The predicted octanol–water partition coefficient (Wildman–Crippen LogP) is 2.91. The third-order valence-corrected chi connectivity index (χ3v) is 3.48. The van der Waals surface area contributed by atoms with Crippen LogP contribution in [0.15, 0.2) is 24.3 Å². The van der Waals surface area contributed by atoms with Crippen molar-refractivity contribution in [3.8, 4) is 0 Å². The van der Waals surface area contributed by atoms with E-state index in [-0.39, 0.29) is 11.9 Å². The zero-order chi connectivity index (χ0) is 13.5. The summed E-state index contributed by atoms with van der Waals surface area (Å²) in [4.78, 5) is 27.3. The lowest BCUT2D eigenvalue weighted by Gasteiger charge is -2.25. The lowest BCUT2D eigenvalue weighted by molar-refractivity contribution is -0.123. The van der Waals surface area contributed by atoms with Crippen molar-refractivity contribution in [1.82, 2.24) is 4.90 Å². The van der Waals surface area contributed by atoms with Crippen LogP contribution >= 0.6 is 11.6 Å². The van der Waals surface area contributed by atoms with Crippen LogP contribution in [0, 0.1) is 0 Å². The summed E-state index contributed by atoms with van der Waals surface area (Å²) in [5.41, 5.74) is -0.246. The van der Waals surface area contributed by atoms with Gasteiger partial charge in [0.1, 0.15) is 5.54 Å². The summed E-state index contributed by atoms with van der Waals surface area (Å²) < 4.78 is 0. The Bertz CT molecular complexity index is 496. The highest BCUT2D eigenvalue weighted by Crippen LogP contribution is 2.31. The van der Waals surface area contributed by atoms with Crippen molar-refractivity contribution in [2.45, 2.75) is 26.3 Å². The second-order valence-corrected chi connectivity index (χ2v) is 5.14. The van der Waals surface area contributed by atoms with Gasteiger partial charge >= 0.3 is 6.03 Å². The van der Waals surface area contributed by atoms with Crippen LogP contribution in [0.5, 0.6) is 0 Å². The minimum Gasteiger partial charge on any atom is -0.310 e. The molecule has 0 radical (unpaired) electrons. The van der Waals surface area contributed by atoms with E-state index in [0.717, 1.165) is 0 Å². The van der Waals surface area contributed by atoms with Gasteiger partial charge in [-0.1, -0.05) is 11.6 Å². The van der Waals surface area contributed by atoms with Crippen LogP contribution in [0.2, 0.25) is 5.02 Å². The maximum absolute atomic E-state index is 12.3. The van der Waals surface area contributed by atoms with Gasteiger partial charge in [0.05, 0.1) is 5.69 Å². The van der Waals surface area contributed by atoms with Crippen molar-refractivity contribution < 1.29 is 9.59 Å². The highest BCUT2D eigenvalue weighted by molar-refractivity contribution is 6.30. The molecule has 0 aromatic heterocycles. The summed E-state index contributed by atoms with van der Waals surface area (Å²) in [5.74, 6) is -0.211. The second-order valence-electron chi connectivity index (χ2n) is 4.70. The Kier molecular flexibility index (Phi) is 3.07. The van der Waals surface area contributed by atoms with Crippen LogP contribution < -0.4 is 4.90 Å². The van der Waals surface area contributed by atoms with Crippen molar-refractivity contribution in [3.63, 3.8) is 0 Å². The number of rotatable bonds is 2. The van der Waals surface area contributed by atoms with Crippen LogP contribution in [-0.4, -0.2) is 28.9 Å². The zero-order valence-corrected chi connectivity index (χ0v) is 11.4. The number of hydrogen-bond donors (Lipinski definition) is 0. The van der Waals surface area contributed by atoms with Gasteiger partial charge in [0.15, 0.2) is 0 Å². The molecule has 1 aliphatic rings. The normalized spacial score (nSPS) is 18.7. The lowest BCUT2D eigenvalue weighted by atomic mass is 10.0. The number of imide groups is 1. The van der Waals surface area contributed by atoms with E-state index in [0.29, 0.717) is 17.3 Å². The monoisotopic (exact) mass is 266 g/mol. The number of anilines is 1. The van der Waals surface area contributed by atoms with Crippen LogP contribution in [0.25, 0.3) is 0 Å². The summed E-state index contributed by atoms with van der Waals surface area (Å²) in [7, 11) is 0. The molecule has 0 spiro atoms. The van der Waals surface area contributed by atoms with E-state index < -0.39 is 5.54 Å². The van der Waals surface area contributed by atoms with Crippen molar-refractivity contribution >= 4 is 29.2 Å². The third kappa shape index (κ3) is 1.77. The molecule has 0 atom stereocenters. The number of carbonyl (C=O) groups is 2. The van der Waals surface area contributed by atoms with E-state index in [1.807, 2.05) is 6.92 Å². The number of halogens is 1. The molecule has 1 heterocycles. The topological polar surface area (TPSA) is 40.6 Å². The van der Waals surface area contributed by atoms with E-state index in [4.69, 9.17) is 11.6 Å². The Morgan fingerprint density at radius 3 is 2.17 bits per heavy atom. The molecule has 1 aromatic rings. The first-order chi connectivity index (χ1) is 8.39. The number of hydrogen-bond acceptors (Lipinski definition) is 2. The predicted molar refractivity (Wildman–Crippen MR) is 70.8 cm³/mol. The second kappa shape index (κ2) is 4.28. The standard InChI is InChI=1S/C13H15ClN2O2/c1-4-15-12(18)16(11(17)13(15,2)3)10-7-5-9(14)6-8-10/h5-8H,4H2,1-3H3. The number of amides is 3. The molecule has 1 saturated heterocycles. The Hall–Kier alpha value is -1.55. The first-order valence-corrected chi connectivity index (χ1v) is 6.19. The first kappa shape index (κ1) is 12.9. The Balaban J connectivity index is 2.43. The maximum atomic E-state index is 12.3. The summed E-state index contributed by atoms with van der Waals surface area (Å²) in [6.45, 7) is 5.87. The molecule has 5 heteroatoms. The van der Waals surface area contributed by atoms with Gasteiger partial charge in [-0.05, 0) is 45.0 Å². The molecular formula is C13H15ClN2O2.